The number of ether oxygens (including phenoxy) is 2. The van der Waals surface area contributed by atoms with Gasteiger partial charge in [-0.15, -0.1) is 0 Å². The number of benzene rings is 5. The van der Waals surface area contributed by atoms with Gasteiger partial charge in [0.05, 0.1) is 46.0 Å². The normalized spacial score (nSPS) is 12.8. The number of nitrogens with zero attached hydrogens (tertiary/aromatic N) is 4. The van der Waals surface area contributed by atoms with Crippen molar-refractivity contribution in [2.45, 2.75) is 13.8 Å². The highest BCUT2D eigenvalue weighted by molar-refractivity contribution is 5.84. The summed E-state index contributed by atoms with van der Waals surface area (Å²) in [6.45, 7) is 5.88. The minimum absolute atomic E-state index is 0.485. The lowest BCUT2D eigenvalue weighted by Gasteiger charge is -2.32. The molecule has 2 aliphatic rings. The van der Waals surface area contributed by atoms with Crippen LogP contribution < -0.4 is 19.3 Å². The first-order valence-corrected chi connectivity index (χ1v) is 15.3. The molecular weight excluding hydrogens is 568 g/mol. The highest BCUT2D eigenvalue weighted by Gasteiger charge is 2.24. The van der Waals surface area contributed by atoms with Crippen LogP contribution in [0.5, 0.6) is 23.0 Å². The minimum atomic E-state index is 0.485. The van der Waals surface area contributed by atoms with Gasteiger partial charge in [-0.25, -0.2) is 0 Å². The second kappa shape index (κ2) is 12.0. The lowest BCUT2D eigenvalue weighted by molar-refractivity contribution is 0.473. The molecule has 5 aromatic carbocycles. The summed E-state index contributed by atoms with van der Waals surface area (Å²) in [5, 5.41) is 20.0. The fourth-order valence-corrected chi connectivity index (χ4v) is 6.06. The molecule has 0 radical (unpaired) electrons. The van der Waals surface area contributed by atoms with Crippen LogP contribution in [0.15, 0.2) is 97.1 Å². The van der Waals surface area contributed by atoms with E-state index in [0.717, 1.165) is 70.0 Å². The second-order valence-corrected chi connectivity index (χ2v) is 11.0. The molecule has 0 amide bonds. The lowest BCUT2D eigenvalue weighted by Crippen LogP contribution is -2.20. The van der Waals surface area contributed by atoms with Gasteiger partial charge in [-0.1, -0.05) is 60.7 Å². The van der Waals surface area contributed by atoms with Gasteiger partial charge >= 0.3 is 0 Å². The summed E-state index contributed by atoms with van der Waals surface area (Å²) in [5.74, 6) is 3.20. The SMILES string of the molecule is CCN1c2ccccc2Oc2cc(C=Cc3cc(C#N)c(C=Cc4ccc5c(c4)Oc4ccccc4N5CC)cc3C#N)ccc21. The summed E-state index contributed by atoms with van der Waals surface area (Å²) in [4.78, 5) is 4.47. The Morgan fingerprint density at radius 2 is 0.935 bits per heavy atom. The molecule has 0 fully saturated rings. The summed E-state index contributed by atoms with van der Waals surface area (Å²) in [7, 11) is 0. The third-order valence-electron chi connectivity index (χ3n) is 8.31. The van der Waals surface area contributed by atoms with Crippen molar-refractivity contribution >= 4 is 47.1 Å². The number of anilines is 4. The van der Waals surface area contributed by atoms with Gasteiger partial charge in [0, 0.05) is 13.1 Å². The zero-order chi connectivity index (χ0) is 31.6. The van der Waals surface area contributed by atoms with Crippen molar-refractivity contribution in [3.8, 4) is 35.1 Å². The van der Waals surface area contributed by atoms with Crippen molar-refractivity contribution in [2.24, 2.45) is 0 Å². The van der Waals surface area contributed by atoms with Crippen LogP contribution in [0.3, 0.4) is 0 Å². The van der Waals surface area contributed by atoms with Gasteiger partial charge in [-0.05, 0) is 96.8 Å². The molecule has 0 unspecified atom stereocenters. The van der Waals surface area contributed by atoms with Crippen molar-refractivity contribution in [1.29, 1.82) is 10.5 Å². The molecule has 0 spiro atoms. The van der Waals surface area contributed by atoms with Crippen LogP contribution in [-0.2, 0) is 0 Å². The summed E-state index contributed by atoms with van der Waals surface area (Å²) in [5.41, 5.74) is 8.30. The van der Waals surface area contributed by atoms with Gasteiger partial charge in [0.15, 0.2) is 23.0 Å². The Morgan fingerprint density at radius 1 is 0.522 bits per heavy atom. The van der Waals surface area contributed by atoms with Crippen LogP contribution in [0.1, 0.15) is 47.2 Å². The Hall–Kier alpha value is -6.24. The first-order chi connectivity index (χ1) is 22.6. The highest BCUT2D eigenvalue weighted by atomic mass is 16.5. The maximum absolute atomic E-state index is 10.0. The quantitative estimate of drug-likeness (QED) is 0.181. The molecule has 0 N–H and O–H groups in total. The minimum Gasteiger partial charge on any atom is -0.453 e. The van der Waals surface area contributed by atoms with E-state index < -0.39 is 0 Å². The number of hydrogen-bond acceptors (Lipinski definition) is 6. The number of hydrogen-bond donors (Lipinski definition) is 0. The highest BCUT2D eigenvalue weighted by Crippen LogP contribution is 2.48. The third-order valence-corrected chi connectivity index (χ3v) is 8.31. The predicted octanol–water partition coefficient (Wildman–Crippen LogP) is 10.3. The van der Waals surface area contributed by atoms with Gasteiger partial charge in [-0.2, -0.15) is 10.5 Å². The maximum Gasteiger partial charge on any atom is 0.151 e. The Labute approximate surface area is 268 Å². The Kier molecular flexibility index (Phi) is 7.46. The van der Waals surface area contributed by atoms with E-state index in [2.05, 4.69) is 60.1 Å². The Bertz CT molecular complexity index is 1980. The molecule has 6 nitrogen and oxygen atoms in total. The summed E-state index contributed by atoms with van der Waals surface area (Å²) >= 11 is 0. The molecule has 0 aromatic heterocycles. The average Bonchev–Trinajstić information content (AvgIpc) is 3.10. The monoisotopic (exact) mass is 598 g/mol. The fourth-order valence-electron chi connectivity index (χ4n) is 6.06. The summed E-state index contributed by atoms with van der Waals surface area (Å²) in [6, 6.07) is 36.3. The Morgan fingerprint density at radius 3 is 1.35 bits per heavy atom. The molecule has 7 rings (SSSR count). The summed E-state index contributed by atoms with van der Waals surface area (Å²) < 4.78 is 12.5. The van der Waals surface area contributed by atoms with Crippen molar-refractivity contribution in [3.63, 3.8) is 0 Å². The van der Waals surface area contributed by atoms with Crippen molar-refractivity contribution < 1.29 is 9.47 Å². The average molecular weight is 599 g/mol. The van der Waals surface area contributed by atoms with E-state index in [4.69, 9.17) is 9.47 Å². The molecule has 6 heteroatoms. The molecule has 5 aromatic rings. The third kappa shape index (κ3) is 5.13. The molecule has 0 atom stereocenters. The van der Waals surface area contributed by atoms with E-state index in [1.54, 1.807) is 12.1 Å². The van der Waals surface area contributed by atoms with Crippen molar-refractivity contribution in [2.75, 3.05) is 22.9 Å². The molecule has 0 saturated heterocycles. The second-order valence-electron chi connectivity index (χ2n) is 11.0. The predicted molar refractivity (Wildman–Crippen MR) is 185 cm³/mol. The van der Waals surface area contributed by atoms with E-state index in [9.17, 15) is 10.5 Å². The smallest absolute Gasteiger partial charge is 0.151 e. The number of rotatable bonds is 6. The molecular formula is C40H30N4O2. The molecule has 222 valence electrons. The largest absolute Gasteiger partial charge is 0.453 e. The lowest BCUT2D eigenvalue weighted by atomic mass is 9.97. The van der Waals surface area contributed by atoms with Gasteiger partial charge in [-0.3, -0.25) is 0 Å². The fraction of sp³-hybridized carbons (Fsp3) is 0.100. The molecule has 46 heavy (non-hydrogen) atoms. The zero-order valence-electron chi connectivity index (χ0n) is 25.6. The summed E-state index contributed by atoms with van der Waals surface area (Å²) in [6.07, 6.45) is 7.64. The zero-order valence-corrected chi connectivity index (χ0v) is 25.6. The topological polar surface area (TPSA) is 72.5 Å². The molecule has 0 bridgehead atoms. The van der Waals surface area contributed by atoms with Crippen LogP contribution in [-0.4, -0.2) is 13.1 Å². The standard InChI is InChI=1S/C40H30N4O2/c1-3-43-33-9-5-7-11-37(33)45-39-21-27(15-19-35(39)43)13-17-29-23-32(26-42)30(24-31(29)25-41)18-14-28-16-20-36-40(22-28)46-38-12-8-6-10-34(38)44(36)4-2/h5-24H,3-4H2,1-2H3. The molecule has 2 aliphatic heterocycles. The van der Waals surface area contributed by atoms with Gasteiger partial charge in [0.1, 0.15) is 0 Å². The first kappa shape index (κ1) is 28.5. The van der Waals surface area contributed by atoms with E-state index >= 15 is 0 Å². The molecule has 0 saturated carbocycles. The van der Waals surface area contributed by atoms with E-state index in [1.165, 1.54) is 0 Å². The maximum atomic E-state index is 10.0. The number of para-hydroxylation sites is 4. The number of fused-ring (bicyclic) bond motifs is 4. The van der Waals surface area contributed by atoms with Gasteiger partial charge in [0.25, 0.3) is 0 Å². The Balaban J connectivity index is 1.15. The van der Waals surface area contributed by atoms with Crippen LogP contribution in [0, 0.1) is 22.7 Å². The van der Waals surface area contributed by atoms with Crippen LogP contribution in [0.4, 0.5) is 22.7 Å². The van der Waals surface area contributed by atoms with E-state index in [-0.39, 0.29) is 0 Å². The van der Waals surface area contributed by atoms with Crippen molar-refractivity contribution in [1.82, 2.24) is 0 Å². The van der Waals surface area contributed by atoms with Crippen LogP contribution >= 0.6 is 0 Å². The number of nitriles is 2. The van der Waals surface area contributed by atoms with Crippen LogP contribution in [0.25, 0.3) is 24.3 Å². The van der Waals surface area contributed by atoms with E-state index in [0.29, 0.717) is 22.3 Å². The first-order valence-electron chi connectivity index (χ1n) is 15.3. The van der Waals surface area contributed by atoms with Crippen molar-refractivity contribution in [3.05, 3.63) is 130 Å². The van der Waals surface area contributed by atoms with Crippen LogP contribution in [0.2, 0.25) is 0 Å². The molecule has 0 aliphatic carbocycles. The van der Waals surface area contributed by atoms with E-state index in [1.807, 2.05) is 85.0 Å². The van der Waals surface area contributed by atoms with Gasteiger partial charge < -0.3 is 19.3 Å². The molecule has 2 heterocycles. The van der Waals surface area contributed by atoms with Gasteiger partial charge in [0.2, 0.25) is 0 Å².